The highest BCUT2D eigenvalue weighted by atomic mass is 16.3. The number of hydrogen-bond donors (Lipinski definition) is 1. The van der Waals surface area contributed by atoms with Crippen LogP contribution in [-0.2, 0) is 13.1 Å². The molecule has 0 spiro atoms. The van der Waals surface area contributed by atoms with E-state index in [1.54, 1.807) is 6.26 Å². The van der Waals surface area contributed by atoms with Crippen LogP contribution in [0.5, 0.6) is 0 Å². The number of nitrogens with zero attached hydrogens (tertiary/aromatic N) is 2. The molecule has 1 N–H and O–H groups in total. The van der Waals surface area contributed by atoms with E-state index in [0.717, 1.165) is 37.3 Å². The number of furan rings is 1. The highest BCUT2D eigenvalue weighted by Gasteiger charge is 2.20. The van der Waals surface area contributed by atoms with E-state index in [2.05, 4.69) is 34.3 Å². The number of anilines is 1. The third-order valence-corrected chi connectivity index (χ3v) is 3.61. The summed E-state index contributed by atoms with van der Waals surface area (Å²) in [5.41, 5.74) is 1.29. The van der Waals surface area contributed by atoms with Crippen LogP contribution in [0.15, 0.2) is 41.1 Å². The number of hydrogen-bond acceptors (Lipinski definition) is 4. The molecule has 1 aliphatic carbocycles. The van der Waals surface area contributed by atoms with Crippen molar-refractivity contribution in [1.29, 1.82) is 0 Å². The molecule has 106 valence electrons. The fourth-order valence-electron chi connectivity index (χ4n) is 2.24. The molecule has 3 rings (SSSR count). The molecule has 0 saturated heterocycles. The molecule has 0 atom stereocenters. The van der Waals surface area contributed by atoms with Crippen molar-refractivity contribution in [3.8, 4) is 0 Å². The van der Waals surface area contributed by atoms with Crippen molar-refractivity contribution in [2.75, 3.05) is 11.4 Å². The minimum Gasteiger partial charge on any atom is -0.467 e. The van der Waals surface area contributed by atoms with Gasteiger partial charge in [-0.05, 0) is 49.6 Å². The largest absolute Gasteiger partial charge is 0.467 e. The Bertz CT molecular complexity index is 534. The number of aromatic nitrogens is 1. The molecule has 0 unspecified atom stereocenters. The number of rotatable bonds is 7. The molecule has 0 aromatic carbocycles. The molecule has 0 amide bonds. The Morgan fingerprint density at radius 1 is 1.40 bits per heavy atom. The average Bonchev–Trinajstić information content (AvgIpc) is 3.18. The van der Waals surface area contributed by atoms with Crippen LogP contribution in [0.1, 0.15) is 31.1 Å². The molecule has 4 heteroatoms. The van der Waals surface area contributed by atoms with Gasteiger partial charge in [0.25, 0.3) is 0 Å². The first kappa shape index (κ1) is 13.2. The number of nitrogens with one attached hydrogen (secondary N) is 1. The molecule has 20 heavy (non-hydrogen) atoms. The van der Waals surface area contributed by atoms with E-state index in [-0.39, 0.29) is 0 Å². The molecule has 0 bridgehead atoms. The van der Waals surface area contributed by atoms with Crippen LogP contribution in [0.3, 0.4) is 0 Å². The Morgan fingerprint density at radius 3 is 3.00 bits per heavy atom. The fourth-order valence-corrected chi connectivity index (χ4v) is 2.24. The molecule has 2 aromatic heterocycles. The first-order valence-electron chi connectivity index (χ1n) is 7.31. The van der Waals surface area contributed by atoms with Crippen LogP contribution in [0.25, 0.3) is 0 Å². The maximum Gasteiger partial charge on any atom is 0.129 e. The predicted octanol–water partition coefficient (Wildman–Crippen LogP) is 2.95. The van der Waals surface area contributed by atoms with E-state index in [4.69, 9.17) is 4.42 Å². The lowest BCUT2D eigenvalue weighted by Gasteiger charge is -2.21. The van der Waals surface area contributed by atoms with Gasteiger partial charge in [-0.15, -0.1) is 0 Å². The zero-order valence-corrected chi connectivity index (χ0v) is 11.9. The summed E-state index contributed by atoms with van der Waals surface area (Å²) >= 11 is 0. The zero-order chi connectivity index (χ0) is 13.8. The summed E-state index contributed by atoms with van der Waals surface area (Å²) in [4.78, 5) is 6.71. The summed E-state index contributed by atoms with van der Waals surface area (Å²) in [6.45, 7) is 4.74. The van der Waals surface area contributed by atoms with Gasteiger partial charge in [-0.3, -0.25) is 0 Å². The summed E-state index contributed by atoms with van der Waals surface area (Å²) < 4.78 is 5.42. The summed E-state index contributed by atoms with van der Waals surface area (Å²) in [7, 11) is 0. The van der Waals surface area contributed by atoms with Gasteiger partial charge >= 0.3 is 0 Å². The lowest BCUT2D eigenvalue weighted by molar-refractivity contribution is 0.503. The average molecular weight is 271 g/mol. The highest BCUT2D eigenvalue weighted by molar-refractivity contribution is 5.41. The smallest absolute Gasteiger partial charge is 0.129 e. The lowest BCUT2D eigenvalue weighted by atomic mass is 10.2. The highest BCUT2D eigenvalue weighted by Crippen LogP contribution is 2.20. The molecular weight excluding hydrogens is 250 g/mol. The minimum absolute atomic E-state index is 0.733. The number of pyridine rings is 1. The third-order valence-electron chi connectivity index (χ3n) is 3.61. The van der Waals surface area contributed by atoms with Gasteiger partial charge < -0.3 is 14.6 Å². The van der Waals surface area contributed by atoms with Crippen molar-refractivity contribution in [3.63, 3.8) is 0 Å². The summed E-state index contributed by atoms with van der Waals surface area (Å²) in [6, 6.07) is 8.91. The van der Waals surface area contributed by atoms with Gasteiger partial charge in [-0.2, -0.15) is 0 Å². The Balaban J connectivity index is 1.67. The molecule has 0 radical (unpaired) electrons. The quantitative estimate of drug-likeness (QED) is 0.840. The second-order valence-corrected chi connectivity index (χ2v) is 5.27. The first-order chi connectivity index (χ1) is 9.85. The van der Waals surface area contributed by atoms with E-state index in [1.165, 1.54) is 18.4 Å². The van der Waals surface area contributed by atoms with Crippen LogP contribution in [0.2, 0.25) is 0 Å². The van der Waals surface area contributed by atoms with Gasteiger partial charge in [0.2, 0.25) is 0 Å². The van der Waals surface area contributed by atoms with Gasteiger partial charge in [0.05, 0.1) is 12.8 Å². The molecule has 0 aliphatic heterocycles. The topological polar surface area (TPSA) is 41.3 Å². The normalized spacial score (nSPS) is 14.4. The van der Waals surface area contributed by atoms with Crippen LogP contribution in [0, 0.1) is 0 Å². The fraction of sp³-hybridized carbons (Fsp3) is 0.438. The van der Waals surface area contributed by atoms with Gasteiger partial charge in [0, 0.05) is 25.3 Å². The van der Waals surface area contributed by atoms with Crippen LogP contribution in [0.4, 0.5) is 5.82 Å². The van der Waals surface area contributed by atoms with Crippen molar-refractivity contribution >= 4 is 5.82 Å². The second-order valence-electron chi connectivity index (χ2n) is 5.27. The maximum atomic E-state index is 5.42. The molecule has 1 fully saturated rings. The molecule has 1 aliphatic rings. The van der Waals surface area contributed by atoms with Gasteiger partial charge in [-0.1, -0.05) is 0 Å². The Kier molecular flexibility index (Phi) is 4.02. The van der Waals surface area contributed by atoms with E-state index < -0.39 is 0 Å². The minimum atomic E-state index is 0.733. The molecule has 4 nitrogen and oxygen atoms in total. The summed E-state index contributed by atoms with van der Waals surface area (Å²) in [6.07, 6.45) is 6.24. The van der Waals surface area contributed by atoms with Crippen molar-refractivity contribution in [1.82, 2.24) is 10.3 Å². The van der Waals surface area contributed by atoms with Crippen LogP contribution < -0.4 is 10.2 Å². The predicted molar refractivity (Wildman–Crippen MR) is 79.5 cm³/mol. The van der Waals surface area contributed by atoms with E-state index in [0.29, 0.717) is 0 Å². The van der Waals surface area contributed by atoms with Crippen molar-refractivity contribution in [3.05, 3.63) is 48.0 Å². The Morgan fingerprint density at radius 2 is 2.30 bits per heavy atom. The lowest BCUT2D eigenvalue weighted by Crippen LogP contribution is -2.23. The first-order valence-corrected chi connectivity index (χ1v) is 7.31. The van der Waals surface area contributed by atoms with Crippen LogP contribution in [-0.4, -0.2) is 17.6 Å². The van der Waals surface area contributed by atoms with E-state index in [1.807, 2.05) is 18.3 Å². The van der Waals surface area contributed by atoms with E-state index in [9.17, 15) is 0 Å². The summed E-state index contributed by atoms with van der Waals surface area (Å²) in [5.74, 6) is 1.98. The Hall–Kier alpha value is -1.81. The van der Waals surface area contributed by atoms with E-state index >= 15 is 0 Å². The molecular formula is C16H21N3O. The van der Waals surface area contributed by atoms with Crippen molar-refractivity contribution in [2.24, 2.45) is 0 Å². The third kappa shape index (κ3) is 3.39. The Labute approximate surface area is 119 Å². The summed E-state index contributed by atoms with van der Waals surface area (Å²) in [5, 5.41) is 3.54. The van der Waals surface area contributed by atoms with Gasteiger partial charge in [0.15, 0.2) is 0 Å². The zero-order valence-electron chi connectivity index (χ0n) is 11.9. The molecule has 2 aromatic rings. The van der Waals surface area contributed by atoms with Crippen LogP contribution >= 0.6 is 0 Å². The van der Waals surface area contributed by atoms with Crippen molar-refractivity contribution < 1.29 is 4.42 Å². The van der Waals surface area contributed by atoms with Gasteiger partial charge in [-0.25, -0.2) is 4.98 Å². The standard InChI is InChI=1S/C16H21N3O/c1-2-19(12-15-4-3-9-20-15)16-10-13(7-8-17-16)11-18-14-5-6-14/h3-4,7-10,14,18H,2,5-6,11-12H2,1H3. The van der Waals surface area contributed by atoms with Crippen molar-refractivity contribution in [2.45, 2.75) is 38.9 Å². The molecule has 1 saturated carbocycles. The monoisotopic (exact) mass is 271 g/mol. The maximum absolute atomic E-state index is 5.42. The second kappa shape index (κ2) is 6.09. The molecule has 2 heterocycles. The SMILES string of the molecule is CCN(Cc1ccco1)c1cc(CNC2CC2)ccn1. The van der Waals surface area contributed by atoms with Gasteiger partial charge in [0.1, 0.15) is 11.6 Å².